The highest BCUT2D eigenvalue weighted by atomic mass is 19.1. The average Bonchev–Trinajstić information content (AvgIpc) is 2.38. The maximum Gasteiger partial charge on any atom is 0.146 e. The van der Waals surface area contributed by atoms with Crippen molar-refractivity contribution in [3.8, 4) is 5.75 Å². The minimum atomic E-state index is -0.743. The topological polar surface area (TPSA) is 61.0 Å². The van der Waals surface area contributed by atoms with Crippen molar-refractivity contribution in [1.29, 1.82) is 0 Å². The number of rotatable bonds is 3. The summed E-state index contributed by atoms with van der Waals surface area (Å²) < 4.78 is 18.7. The first-order chi connectivity index (χ1) is 8.24. The molecule has 0 bridgehead atoms. The Hall–Kier alpha value is -2.01. The van der Waals surface area contributed by atoms with Gasteiger partial charge in [-0.3, -0.25) is 9.97 Å². The van der Waals surface area contributed by atoms with Gasteiger partial charge in [-0.2, -0.15) is 0 Å². The van der Waals surface area contributed by atoms with Crippen LogP contribution < -0.4 is 10.5 Å². The van der Waals surface area contributed by atoms with Crippen molar-refractivity contribution in [2.45, 2.75) is 6.04 Å². The Morgan fingerprint density at radius 2 is 1.82 bits per heavy atom. The fourth-order valence-electron chi connectivity index (χ4n) is 1.57. The third kappa shape index (κ3) is 2.24. The zero-order valence-electron chi connectivity index (χ0n) is 9.30. The van der Waals surface area contributed by atoms with Gasteiger partial charge in [-0.05, 0) is 24.3 Å². The van der Waals surface area contributed by atoms with Crippen molar-refractivity contribution in [3.05, 3.63) is 53.9 Å². The van der Waals surface area contributed by atoms with Gasteiger partial charge in [0, 0.05) is 12.4 Å². The minimum absolute atomic E-state index is 0.157. The summed E-state index contributed by atoms with van der Waals surface area (Å²) in [5, 5.41) is 0. The first kappa shape index (κ1) is 11.5. The molecule has 2 heterocycles. The molecule has 5 heteroatoms. The highest BCUT2D eigenvalue weighted by Gasteiger charge is 2.19. The van der Waals surface area contributed by atoms with Crippen molar-refractivity contribution >= 4 is 0 Å². The van der Waals surface area contributed by atoms with Gasteiger partial charge in [-0.25, -0.2) is 4.39 Å². The number of nitrogens with zero attached hydrogens (tertiary/aromatic N) is 2. The summed E-state index contributed by atoms with van der Waals surface area (Å²) in [6, 6.07) is 5.54. The van der Waals surface area contributed by atoms with Gasteiger partial charge >= 0.3 is 0 Å². The monoisotopic (exact) mass is 233 g/mol. The van der Waals surface area contributed by atoms with Gasteiger partial charge < -0.3 is 10.5 Å². The lowest BCUT2D eigenvalue weighted by Crippen LogP contribution is -2.17. The molecule has 2 aromatic rings. The minimum Gasteiger partial charge on any atom is -0.495 e. The van der Waals surface area contributed by atoms with Crippen molar-refractivity contribution < 1.29 is 9.13 Å². The Balaban J connectivity index is 2.44. The van der Waals surface area contributed by atoms with Crippen LogP contribution in [0.3, 0.4) is 0 Å². The predicted octanol–water partition coefficient (Wildman–Crippen LogP) is 1.67. The maximum absolute atomic E-state index is 13.6. The number of hydrogen-bond acceptors (Lipinski definition) is 4. The van der Waals surface area contributed by atoms with Crippen LogP contribution in [0.1, 0.15) is 17.4 Å². The lowest BCUT2D eigenvalue weighted by atomic mass is 10.1. The molecule has 2 aromatic heterocycles. The molecule has 0 aliphatic heterocycles. The number of aromatic nitrogens is 2. The lowest BCUT2D eigenvalue weighted by Gasteiger charge is -2.14. The van der Waals surface area contributed by atoms with Gasteiger partial charge in [0.25, 0.3) is 0 Å². The SMILES string of the molecule is COc1cccnc1C(N)c1ncccc1F. The van der Waals surface area contributed by atoms with E-state index in [0.29, 0.717) is 11.4 Å². The summed E-state index contributed by atoms with van der Waals surface area (Å²) in [6.45, 7) is 0. The molecule has 0 saturated heterocycles. The fourth-order valence-corrected chi connectivity index (χ4v) is 1.57. The number of ether oxygens (including phenoxy) is 1. The van der Waals surface area contributed by atoms with Gasteiger partial charge in [-0.15, -0.1) is 0 Å². The first-order valence-corrected chi connectivity index (χ1v) is 5.09. The first-order valence-electron chi connectivity index (χ1n) is 5.09. The van der Waals surface area contributed by atoms with Crippen LogP contribution >= 0.6 is 0 Å². The molecule has 0 saturated carbocycles. The van der Waals surface area contributed by atoms with Gasteiger partial charge in [0.05, 0.1) is 18.8 Å². The van der Waals surface area contributed by atoms with E-state index in [-0.39, 0.29) is 5.69 Å². The molecular formula is C12H12FN3O. The van der Waals surface area contributed by atoms with E-state index in [9.17, 15) is 4.39 Å². The largest absolute Gasteiger partial charge is 0.495 e. The van der Waals surface area contributed by atoms with Crippen LogP contribution in [0.2, 0.25) is 0 Å². The maximum atomic E-state index is 13.6. The smallest absolute Gasteiger partial charge is 0.146 e. The Morgan fingerprint density at radius 1 is 1.18 bits per heavy atom. The third-order valence-corrected chi connectivity index (χ3v) is 2.40. The number of halogens is 1. The highest BCUT2D eigenvalue weighted by molar-refractivity contribution is 5.34. The van der Waals surface area contributed by atoms with E-state index in [1.54, 1.807) is 18.3 Å². The van der Waals surface area contributed by atoms with Crippen LogP contribution in [-0.4, -0.2) is 17.1 Å². The quantitative estimate of drug-likeness (QED) is 0.876. The predicted molar refractivity (Wildman–Crippen MR) is 61.0 cm³/mol. The Kier molecular flexibility index (Phi) is 3.30. The Morgan fingerprint density at radius 3 is 2.47 bits per heavy atom. The second-order valence-electron chi connectivity index (χ2n) is 3.44. The van der Waals surface area contributed by atoms with E-state index in [2.05, 4.69) is 9.97 Å². The van der Waals surface area contributed by atoms with Gasteiger partial charge in [0.1, 0.15) is 17.3 Å². The van der Waals surface area contributed by atoms with E-state index >= 15 is 0 Å². The van der Waals surface area contributed by atoms with Crippen molar-refractivity contribution in [3.63, 3.8) is 0 Å². The standard InChI is InChI=1S/C12H12FN3O/c1-17-9-5-3-7-16-12(9)10(14)11-8(13)4-2-6-15-11/h2-7,10H,14H2,1H3. The molecule has 0 aromatic carbocycles. The molecule has 88 valence electrons. The zero-order valence-corrected chi connectivity index (χ0v) is 9.30. The summed E-state index contributed by atoms with van der Waals surface area (Å²) in [7, 11) is 1.52. The fraction of sp³-hybridized carbons (Fsp3) is 0.167. The van der Waals surface area contributed by atoms with E-state index in [0.717, 1.165) is 0 Å². The molecule has 0 aliphatic rings. The van der Waals surface area contributed by atoms with Gasteiger partial charge in [-0.1, -0.05) is 0 Å². The second kappa shape index (κ2) is 4.88. The molecule has 1 unspecified atom stereocenters. The lowest BCUT2D eigenvalue weighted by molar-refractivity contribution is 0.403. The van der Waals surface area contributed by atoms with E-state index in [1.165, 1.54) is 25.4 Å². The highest BCUT2D eigenvalue weighted by Crippen LogP contribution is 2.25. The Labute approximate surface area is 98.3 Å². The molecule has 17 heavy (non-hydrogen) atoms. The van der Waals surface area contributed by atoms with E-state index < -0.39 is 11.9 Å². The molecule has 1 atom stereocenters. The third-order valence-electron chi connectivity index (χ3n) is 2.40. The average molecular weight is 233 g/mol. The van der Waals surface area contributed by atoms with Crippen LogP contribution in [0, 0.1) is 5.82 Å². The van der Waals surface area contributed by atoms with Crippen molar-refractivity contribution in [2.24, 2.45) is 5.73 Å². The molecule has 0 amide bonds. The summed E-state index contributed by atoms with van der Waals surface area (Å²) in [5.41, 5.74) is 6.57. The van der Waals surface area contributed by atoms with E-state index in [4.69, 9.17) is 10.5 Å². The summed E-state index contributed by atoms with van der Waals surface area (Å²) in [4.78, 5) is 8.04. The number of nitrogens with two attached hydrogens (primary N) is 1. The van der Waals surface area contributed by atoms with E-state index in [1.807, 2.05) is 0 Å². The molecule has 0 radical (unpaired) electrons. The molecule has 2 N–H and O–H groups in total. The molecule has 0 spiro atoms. The Bertz CT molecular complexity index is 519. The van der Waals surface area contributed by atoms with Gasteiger partial charge in [0.2, 0.25) is 0 Å². The van der Waals surface area contributed by atoms with Crippen molar-refractivity contribution in [1.82, 2.24) is 9.97 Å². The summed E-state index contributed by atoms with van der Waals surface area (Å²) in [5.74, 6) is 0.0674. The second-order valence-corrected chi connectivity index (χ2v) is 3.44. The van der Waals surface area contributed by atoms with Crippen LogP contribution in [0.15, 0.2) is 36.7 Å². The number of methoxy groups -OCH3 is 1. The molecule has 2 rings (SSSR count). The van der Waals surface area contributed by atoms with Gasteiger partial charge in [0.15, 0.2) is 0 Å². The van der Waals surface area contributed by atoms with Crippen LogP contribution in [-0.2, 0) is 0 Å². The number of hydrogen-bond donors (Lipinski definition) is 1. The van der Waals surface area contributed by atoms with Crippen LogP contribution in [0.5, 0.6) is 5.75 Å². The normalized spacial score (nSPS) is 12.2. The zero-order chi connectivity index (χ0) is 12.3. The molecule has 0 aliphatic carbocycles. The molecule has 0 fully saturated rings. The summed E-state index contributed by atoms with van der Waals surface area (Å²) >= 11 is 0. The van der Waals surface area contributed by atoms with Crippen molar-refractivity contribution in [2.75, 3.05) is 7.11 Å². The molecular weight excluding hydrogens is 221 g/mol. The number of pyridine rings is 2. The summed E-state index contributed by atoms with van der Waals surface area (Å²) in [6.07, 6.45) is 3.08. The van der Waals surface area contributed by atoms with Crippen LogP contribution in [0.4, 0.5) is 4.39 Å². The molecule has 4 nitrogen and oxygen atoms in total. The van der Waals surface area contributed by atoms with Crippen LogP contribution in [0.25, 0.3) is 0 Å².